The lowest BCUT2D eigenvalue weighted by atomic mass is 10.1. The normalized spacial score (nSPS) is 12.8. The lowest BCUT2D eigenvalue weighted by Gasteiger charge is -2.10. The van der Waals surface area contributed by atoms with Crippen LogP contribution in [0.5, 0.6) is 0 Å². The number of aromatic nitrogens is 2. The molecule has 72 valence electrons. The van der Waals surface area contributed by atoms with Gasteiger partial charge in [-0.05, 0) is 6.92 Å². The molecule has 1 heterocycles. The lowest BCUT2D eigenvalue weighted by Crippen LogP contribution is -2.24. The van der Waals surface area contributed by atoms with Crippen LogP contribution in [0.4, 0.5) is 0 Å². The predicted molar refractivity (Wildman–Crippen MR) is 53.1 cm³/mol. The molecule has 0 aromatic carbocycles. The maximum absolute atomic E-state index is 7.23. The van der Waals surface area contributed by atoms with E-state index in [4.69, 9.17) is 22.7 Å². The summed E-state index contributed by atoms with van der Waals surface area (Å²) in [6.07, 6.45) is 1.60. The summed E-state index contributed by atoms with van der Waals surface area (Å²) >= 11 is 5.82. The molecule has 13 heavy (non-hydrogen) atoms. The summed E-state index contributed by atoms with van der Waals surface area (Å²) in [6, 6.07) is 0. The van der Waals surface area contributed by atoms with Crippen LogP contribution >= 0.6 is 11.6 Å². The van der Waals surface area contributed by atoms with E-state index < -0.39 is 0 Å². The Balaban J connectivity index is 2.74. The van der Waals surface area contributed by atoms with Crippen molar-refractivity contribution in [3.05, 3.63) is 16.9 Å². The second-order valence-corrected chi connectivity index (χ2v) is 3.52. The SMILES string of the molecule is Cc1c(Cl)cnn1CC(C)C(=N)N. The van der Waals surface area contributed by atoms with Crippen molar-refractivity contribution in [3.8, 4) is 0 Å². The Bertz CT molecular complexity index is 318. The van der Waals surface area contributed by atoms with Crippen molar-refractivity contribution in [2.75, 3.05) is 0 Å². The van der Waals surface area contributed by atoms with E-state index in [2.05, 4.69) is 5.10 Å². The third-order valence-corrected chi connectivity index (χ3v) is 2.39. The summed E-state index contributed by atoms with van der Waals surface area (Å²) in [5.41, 5.74) is 6.26. The maximum atomic E-state index is 7.23. The molecule has 0 saturated heterocycles. The monoisotopic (exact) mass is 200 g/mol. The van der Waals surface area contributed by atoms with E-state index in [1.54, 1.807) is 10.9 Å². The van der Waals surface area contributed by atoms with E-state index in [0.29, 0.717) is 11.6 Å². The van der Waals surface area contributed by atoms with Crippen LogP contribution in [0.3, 0.4) is 0 Å². The van der Waals surface area contributed by atoms with Crippen molar-refractivity contribution in [2.45, 2.75) is 20.4 Å². The molecule has 0 fully saturated rings. The highest BCUT2D eigenvalue weighted by molar-refractivity contribution is 6.31. The number of amidine groups is 1. The molecule has 1 unspecified atom stereocenters. The fourth-order valence-electron chi connectivity index (χ4n) is 0.966. The summed E-state index contributed by atoms with van der Waals surface area (Å²) in [5, 5.41) is 11.9. The minimum absolute atomic E-state index is 0.00494. The van der Waals surface area contributed by atoms with Crippen LogP contribution in [-0.4, -0.2) is 15.6 Å². The molecule has 5 heteroatoms. The highest BCUT2D eigenvalue weighted by Crippen LogP contribution is 2.14. The number of hydrogen-bond donors (Lipinski definition) is 2. The minimum Gasteiger partial charge on any atom is -0.387 e. The molecule has 0 amide bonds. The Hall–Kier alpha value is -1.03. The van der Waals surface area contributed by atoms with Gasteiger partial charge in [-0.3, -0.25) is 10.1 Å². The lowest BCUT2D eigenvalue weighted by molar-refractivity contribution is 0.526. The molecule has 0 aliphatic heterocycles. The smallest absolute Gasteiger partial charge is 0.0952 e. The number of nitrogens with zero attached hydrogens (tertiary/aromatic N) is 2. The Morgan fingerprint density at radius 1 is 1.85 bits per heavy atom. The first-order valence-corrected chi connectivity index (χ1v) is 4.42. The van der Waals surface area contributed by atoms with E-state index in [0.717, 1.165) is 5.69 Å². The highest BCUT2D eigenvalue weighted by Gasteiger charge is 2.09. The second-order valence-electron chi connectivity index (χ2n) is 3.12. The molecular weight excluding hydrogens is 188 g/mol. The van der Waals surface area contributed by atoms with Gasteiger partial charge in [0.1, 0.15) is 0 Å². The molecule has 1 rings (SSSR count). The van der Waals surface area contributed by atoms with E-state index in [1.807, 2.05) is 13.8 Å². The van der Waals surface area contributed by atoms with Gasteiger partial charge in [-0.15, -0.1) is 0 Å². The Morgan fingerprint density at radius 2 is 2.46 bits per heavy atom. The van der Waals surface area contributed by atoms with Crippen LogP contribution in [0.2, 0.25) is 5.02 Å². The van der Waals surface area contributed by atoms with Crippen LogP contribution < -0.4 is 5.73 Å². The zero-order chi connectivity index (χ0) is 10.0. The van der Waals surface area contributed by atoms with Crippen LogP contribution in [-0.2, 0) is 6.54 Å². The first kappa shape index (κ1) is 10.1. The summed E-state index contributed by atoms with van der Waals surface area (Å²) in [6.45, 7) is 4.38. The average molecular weight is 201 g/mol. The molecule has 1 aromatic rings. The number of hydrogen-bond acceptors (Lipinski definition) is 2. The van der Waals surface area contributed by atoms with Crippen molar-refractivity contribution >= 4 is 17.4 Å². The number of halogens is 1. The highest BCUT2D eigenvalue weighted by atomic mass is 35.5. The van der Waals surface area contributed by atoms with Gasteiger partial charge in [0.05, 0.1) is 29.3 Å². The molecule has 0 bridgehead atoms. The van der Waals surface area contributed by atoms with Crippen LogP contribution in [0.15, 0.2) is 6.20 Å². The Labute approximate surface area is 82.2 Å². The Kier molecular flexibility index (Phi) is 2.93. The van der Waals surface area contributed by atoms with Crippen molar-refractivity contribution in [1.82, 2.24) is 9.78 Å². The largest absolute Gasteiger partial charge is 0.387 e. The zero-order valence-electron chi connectivity index (χ0n) is 7.71. The molecule has 0 radical (unpaired) electrons. The second kappa shape index (κ2) is 3.79. The summed E-state index contributed by atoms with van der Waals surface area (Å²) in [4.78, 5) is 0. The van der Waals surface area contributed by atoms with E-state index >= 15 is 0 Å². The van der Waals surface area contributed by atoms with Gasteiger partial charge in [-0.25, -0.2) is 0 Å². The molecule has 0 aliphatic carbocycles. The van der Waals surface area contributed by atoms with Gasteiger partial charge in [0.2, 0.25) is 0 Å². The van der Waals surface area contributed by atoms with E-state index in [-0.39, 0.29) is 11.8 Å². The third kappa shape index (κ3) is 2.21. The van der Waals surface area contributed by atoms with Crippen molar-refractivity contribution < 1.29 is 0 Å². The summed E-state index contributed by atoms with van der Waals surface area (Å²) < 4.78 is 1.76. The van der Waals surface area contributed by atoms with Crippen molar-refractivity contribution in [1.29, 1.82) is 5.41 Å². The maximum Gasteiger partial charge on any atom is 0.0952 e. The molecule has 0 spiro atoms. The standard InChI is InChI=1S/C8H13ClN4/c1-5(8(10)11)4-13-6(2)7(9)3-12-13/h3,5H,4H2,1-2H3,(H3,10,11). The molecule has 0 saturated carbocycles. The third-order valence-electron chi connectivity index (χ3n) is 2.02. The fourth-order valence-corrected chi connectivity index (χ4v) is 1.11. The van der Waals surface area contributed by atoms with Gasteiger partial charge in [0.25, 0.3) is 0 Å². The molecule has 1 atom stereocenters. The molecule has 3 N–H and O–H groups in total. The predicted octanol–water partition coefficient (Wildman–Crippen LogP) is 1.42. The van der Waals surface area contributed by atoms with E-state index in [9.17, 15) is 0 Å². The fraction of sp³-hybridized carbons (Fsp3) is 0.500. The molecule has 1 aromatic heterocycles. The van der Waals surface area contributed by atoms with Gasteiger partial charge >= 0.3 is 0 Å². The van der Waals surface area contributed by atoms with Gasteiger partial charge in [0, 0.05) is 5.92 Å². The van der Waals surface area contributed by atoms with Crippen molar-refractivity contribution in [2.24, 2.45) is 11.7 Å². The van der Waals surface area contributed by atoms with Gasteiger partial charge in [0.15, 0.2) is 0 Å². The van der Waals surface area contributed by atoms with Crippen LogP contribution in [0.25, 0.3) is 0 Å². The zero-order valence-corrected chi connectivity index (χ0v) is 8.47. The molecular formula is C8H13ClN4. The number of nitrogens with two attached hydrogens (primary N) is 1. The quantitative estimate of drug-likeness (QED) is 0.573. The van der Waals surface area contributed by atoms with Crippen LogP contribution in [0.1, 0.15) is 12.6 Å². The van der Waals surface area contributed by atoms with Gasteiger partial charge in [-0.1, -0.05) is 18.5 Å². The molecule has 0 aliphatic rings. The van der Waals surface area contributed by atoms with Gasteiger partial charge < -0.3 is 5.73 Å². The van der Waals surface area contributed by atoms with Gasteiger partial charge in [-0.2, -0.15) is 5.10 Å². The first-order chi connectivity index (χ1) is 6.02. The summed E-state index contributed by atoms with van der Waals surface area (Å²) in [7, 11) is 0. The first-order valence-electron chi connectivity index (χ1n) is 4.04. The minimum atomic E-state index is -0.00494. The van der Waals surface area contributed by atoms with Crippen LogP contribution in [0, 0.1) is 18.3 Å². The number of nitrogens with one attached hydrogen (secondary N) is 1. The number of rotatable bonds is 3. The van der Waals surface area contributed by atoms with E-state index in [1.165, 1.54) is 0 Å². The summed E-state index contributed by atoms with van der Waals surface area (Å²) in [5.74, 6) is 0.167. The average Bonchev–Trinajstić information content (AvgIpc) is 2.36. The molecule has 4 nitrogen and oxygen atoms in total. The topological polar surface area (TPSA) is 67.7 Å². The van der Waals surface area contributed by atoms with Crippen molar-refractivity contribution in [3.63, 3.8) is 0 Å². The Morgan fingerprint density at radius 3 is 2.85 bits per heavy atom.